The molecule has 0 aliphatic heterocycles. The van der Waals surface area contributed by atoms with E-state index in [1.165, 1.54) is 34.1 Å². The first-order valence-electron chi connectivity index (χ1n) is 26.2. The van der Waals surface area contributed by atoms with E-state index in [9.17, 15) is 27.2 Å². The zero-order valence-corrected chi connectivity index (χ0v) is 47.4. The van der Waals surface area contributed by atoms with Crippen molar-refractivity contribution in [3.8, 4) is 0 Å². The van der Waals surface area contributed by atoms with Gasteiger partial charge in [0.1, 0.15) is 24.0 Å². The van der Waals surface area contributed by atoms with Crippen LogP contribution in [0.3, 0.4) is 0 Å². The van der Waals surface area contributed by atoms with E-state index < -0.39 is 35.8 Å². The van der Waals surface area contributed by atoms with Crippen LogP contribution in [0.2, 0.25) is 0 Å². The molecule has 0 saturated carbocycles. The molecule has 4 atom stereocenters. The molecule has 0 N–H and O–H groups in total. The Morgan fingerprint density at radius 3 is 1.25 bits per heavy atom. The SMILES string of the molecule is COC(C)(C)CCCC(C)CCN(CC(F)Cc1[c-]cccc1)C(=O)c1ccccc1F.COC(C)(C)CCCC(C)CCN(CC(F)Cc1[c-]cccc1)C(=O)c1ccccc1F.[C-]1=CC=CC1.[C-]1=CC=CC1.[Ti+4]. The van der Waals surface area contributed by atoms with Gasteiger partial charge >= 0.3 is 21.7 Å². The Labute approximate surface area is 463 Å². The van der Waals surface area contributed by atoms with Crippen molar-refractivity contribution < 1.29 is 58.3 Å². The van der Waals surface area contributed by atoms with Gasteiger partial charge in [-0.2, -0.15) is 83.9 Å². The predicted octanol–water partition coefficient (Wildman–Crippen LogP) is 15.1. The Hall–Kier alpha value is -4.87. The summed E-state index contributed by atoms with van der Waals surface area (Å²) in [5.74, 6) is -1.36. The minimum absolute atomic E-state index is 0. The van der Waals surface area contributed by atoms with Crippen molar-refractivity contribution in [2.24, 2.45) is 11.8 Å². The van der Waals surface area contributed by atoms with Crippen LogP contribution >= 0.6 is 0 Å². The van der Waals surface area contributed by atoms with Crippen LogP contribution in [0.25, 0.3) is 0 Å². The average molecular weight is 1070 g/mol. The van der Waals surface area contributed by atoms with E-state index in [1.807, 2.05) is 60.7 Å². The molecule has 2 aliphatic carbocycles. The maximum atomic E-state index is 14.9. The van der Waals surface area contributed by atoms with Crippen molar-refractivity contribution in [1.29, 1.82) is 0 Å². The quantitative estimate of drug-likeness (QED) is 0.0357. The molecule has 0 radical (unpaired) electrons. The molecule has 11 heteroatoms. The van der Waals surface area contributed by atoms with Gasteiger partial charge in [-0.05, 0) is 102 Å². The van der Waals surface area contributed by atoms with Crippen LogP contribution in [0, 0.1) is 47.8 Å². The van der Waals surface area contributed by atoms with Crippen LogP contribution in [0.4, 0.5) is 17.6 Å². The first kappa shape index (κ1) is 66.2. The van der Waals surface area contributed by atoms with Crippen molar-refractivity contribution in [3.63, 3.8) is 0 Å². The molecule has 4 unspecified atom stereocenters. The molecule has 2 amide bonds. The van der Waals surface area contributed by atoms with E-state index in [0.29, 0.717) is 24.9 Å². The number of allylic oxidation sites excluding steroid dienone is 8. The average Bonchev–Trinajstić information content (AvgIpc) is 4.19. The molecule has 4 aromatic rings. The summed E-state index contributed by atoms with van der Waals surface area (Å²) in [5, 5.41) is 0. The summed E-state index contributed by atoms with van der Waals surface area (Å²) in [6, 6.07) is 32.3. The van der Waals surface area contributed by atoms with Crippen molar-refractivity contribution in [2.45, 2.75) is 142 Å². The fourth-order valence-corrected chi connectivity index (χ4v) is 8.04. The fraction of sp³-hybridized carbons (Fsp3) is 0.469. The number of rotatable bonds is 26. The number of halogens is 4. The van der Waals surface area contributed by atoms with Crippen molar-refractivity contribution in [3.05, 3.63) is 192 Å². The number of hydrogen-bond acceptors (Lipinski definition) is 4. The number of ether oxygens (including phenoxy) is 2. The molecule has 6 rings (SSSR count). The smallest absolute Gasteiger partial charge is 0.379 e. The van der Waals surface area contributed by atoms with Gasteiger partial charge in [-0.25, -0.2) is 41.9 Å². The van der Waals surface area contributed by atoms with Gasteiger partial charge in [0, 0.05) is 27.3 Å². The Bertz CT molecular complexity index is 2120. The van der Waals surface area contributed by atoms with Gasteiger partial charge in [0.15, 0.2) is 0 Å². The van der Waals surface area contributed by atoms with Gasteiger partial charge in [0.05, 0.1) is 35.4 Å². The molecule has 0 heterocycles. The molecular formula is C64H82F4N2O4Ti. The van der Waals surface area contributed by atoms with Crippen molar-refractivity contribution in [1.82, 2.24) is 9.80 Å². The molecule has 2 aliphatic rings. The molecule has 4 aromatic carbocycles. The summed E-state index contributed by atoms with van der Waals surface area (Å²) in [6.45, 7) is 13.2. The second kappa shape index (κ2) is 37.0. The monoisotopic (exact) mass is 1070 g/mol. The third kappa shape index (κ3) is 28.2. The molecule has 0 aromatic heterocycles. The number of carbonyl (C=O) groups excluding carboxylic acids is 2. The summed E-state index contributed by atoms with van der Waals surface area (Å²) in [7, 11) is 3.44. The fourth-order valence-electron chi connectivity index (χ4n) is 8.04. The van der Waals surface area contributed by atoms with E-state index >= 15 is 0 Å². The first-order valence-corrected chi connectivity index (χ1v) is 26.2. The van der Waals surface area contributed by atoms with E-state index in [0.717, 1.165) is 75.3 Å². The van der Waals surface area contributed by atoms with Gasteiger partial charge in [-0.1, -0.05) is 63.8 Å². The number of benzene rings is 4. The van der Waals surface area contributed by atoms with Crippen LogP contribution in [-0.2, 0) is 44.0 Å². The van der Waals surface area contributed by atoms with Crippen LogP contribution < -0.4 is 0 Å². The molecule has 0 bridgehead atoms. The topological polar surface area (TPSA) is 59.1 Å². The summed E-state index contributed by atoms with van der Waals surface area (Å²) < 4.78 is 69.2. The van der Waals surface area contributed by atoms with E-state index in [-0.39, 0.29) is 70.0 Å². The standard InChI is InChI=1S/2C27H36F2NO2.2C5H5.Ti/c2*1-21(11-10-17-27(2,3)32-4)16-18-30(26(31)24-14-8-9-15-25(24)29)20-23(28)19-22-12-6-5-7-13-22;2*1-2-4-5-3-1;/h2*5-9,12,14-15,21,23H,10-11,16-20H2,1-4H3;2*1-3H,4H2;/q4*-1;+4. The van der Waals surface area contributed by atoms with Crippen LogP contribution in [0.15, 0.2) is 134 Å². The molecule has 6 nitrogen and oxygen atoms in total. The molecule has 0 spiro atoms. The number of amides is 2. The minimum atomic E-state index is -1.25. The zero-order valence-electron chi connectivity index (χ0n) is 45.9. The van der Waals surface area contributed by atoms with Crippen LogP contribution in [-0.4, -0.2) is 85.6 Å². The van der Waals surface area contributed by atoms with Crippen LogP contribution in [0.5, 0.6) is 0 Å². The Morgan fingerprint density at radius 2 is 0.960 bits per heavy atom. The van der Waals surface area contributed by atoms with Gasteiger partial charge in [-0.3, -0.25) is 21.7 Å². The molecule has 0 fully saturated rings. The van der Waals surface area contributed by atoms with E-state index in [1.54, 1.807) is 50.6 Å². The third-order valence-electron chi connectivity index (χ3n) is 13.1. The van der Waals surface area contributed by atoms with Crippen LogP contribution in [0.1, 0.15) is 138 Å². The van der Waals surface area contributed by atoms with Crippen molar-refractivity contribution >= 4 is 11.8 Å². The Balaban J connectivity index is 0.000000425. The van der Waals surface area contributed by atoms with Gasteiger partial charge in [-0.15, -0.1) is 12.8 Å². The van der Waals surface area contributed by atoms with Crippen molar-refractivity contribution in [2.75, 3.05) is 40.4 Å². The summed E-state index contributed by atoms with van der Waals surface area (Å²) in [4.78, 5) is 29.0. The molecule has 0 saturated heterocycles. The third-order valence-corrected chi connectivity index (χ3v) is 13.1. The summed E-state index contributed by atoms with van der Waals surface area (Å²) in [6.07, 6.45) is 25.2. The normalized spacial score (nSPS) is 13.9. The van der Waals surface area contributed by atoms with Gasteiger partial charge in [0.2, 0.25) is 0 Å². The van der Waals surface area contributed by atoms with Gasteiger partial charge < -0.3 is 19.3 Å². The number of carbonyl (C=O) groups is 2. The second-order valence-corrected chi connectivity index (χ2v) is 20.3. The largest absolute Gasteiger partial charge is 4.00 e. The maximum absolute atomic E-state index is 14.9. The summed E-state index contributed by atoms with van der Waals surface area (Å²) in [5.41, 5.74) is 1.19. The number of nitrogens with zero attached hydrogens (tertiary/aromatic N) is 2. The number of alkyl halides is 2. The first-order chi connectivity index (χ1) is 35.4. The van der Waals surface area contributed by atoms with E-state index in [2.05, 4.69) is 78.0 Å². The Morgan fingerprint density at radius 1 is 0.587 bits per heavy atom. The summed E-state index contributed by atoms with van der Waals surface area (Å²) >= 11 is 0. The van der Waals surface area contributed by atoms with E-state index in [4.69, 9.17) is 9.47 Å². The second-order valence-electron chi connectivity index (χ2n) is 20.3. The zero-order chi connectivity index (χ0) is 54.2. The minimum Gasteiger partial charge on any atom is -0.379 e. The predicted molar refractivity (Wildman–Crippen MR) is 293 cm³/mol. The number of hydrogen-bond donors (Lipinski definition) is 0. The number of methoxy groups -OCH3 is 2. The van der Waals surface area contributed by atoms with Gasteiger partial charge in [0.25, 0.3) is 11.8 Å². The Kier molecular flexibility index (Phi) is 32.7. The molecule has 404 valence electrons. The molecule has 75 heavy (non-hydrogen) atoms. The maximum Gasteiger partial charge on any atom is 4.00 e. The molecular weight excluding hydrogens is 985 g/mol.